The molecule has 34 heavy (non-hydrogen) atoms. The van der Waals surface area contributed by atoms with Gasteiger partial charge >= 0.3 is 0 Å². The molecule has 0 aliphatic heterocycles. The first-order valence-electron chi connectivity index (χ1n) is 11.0. The molecular weight excluding hydrogens is 466 g/mol. The van der Waals surface area contributed by atoms with Crippen molar-refractivity contribution in [2.24, 2.45) is 0 Å². The van der Waals surface area contributed by atoms with Gasteiger partial charge in [-0.05, 0) is 38.8 Å². The first-order valence-corrected chi connectivity index (χ1v) is 12.9. The molecule has 0 unspecified atom stereocenters. The minimum Gasteiger partial charge on any atom is -0.485 e. The van der Waals surface area contributed by atoms with Gasteiger partial charge in [-0.2, -0.15) is 0 Å². The highest BCUT2D eigenvalue weighted by atomic mass is 32.2. The lowest BCUT2D eigenvalue weighted by molar-refractivity contribution is -0.113. The number of amides is 1. The van der Waals surface area contributed by atoms with Crippen molar-refractivity contribution < 1.29 is 9.53 Å². The maximum Gasteiger partial charge on any atom is 0.236 e. The van der Waals surface area contributed by atoms with Crippen molar-refractivity contribution in [3.63, 3.8) is 0 Å². The second-order valence-corrected chi connectivity index (χ2v) is 9.69. The normalized spacial score (nSPS) is 10.9. The van der Waals surface area contributed by atoms with Crippen LogP contribution in [0.5, 0.6) is 5.75 Å². The number of carbonyl (C=O) groups excluding carboxylic acids is 1. The first-order chi connectivity index (χ1) is 16.4. The summed E-state index contributed by atoms with van der Waals surface area (Å²) in [5.41, 5.74) is 5.25. The number of benzene rings is 2. The molecule has 7 nitrogen and oxygen atoms in total. The highest BCUT2D eigenvalue weighted by Crippen LogP contribution is 2.26. The van der Waals surface area contributed by atoms with E-state index < -0.39 is 0 Å². The number of rotatable bonds is 9. The van der Waals surface area contributed by atoms with Crippen molar-refractivity contribution in [3.8, 4) is 17.0 Å². The molecule has 176 valence electrons. The van der Waals surface area contributed by atoms with Gasteiger partial charge in [-0.25, -0.2) is 4.98 Å². The maximum absolute atomic E-state index is 12.5. The number of nitrogens with one attached hydrogen (secondary N) is 1. The van der Waals surface area contributed by atoms with E-state index in [4.69, 9.17) is 4.74 Å². The van der Waals surface area contributed by atoms with Crippen LogP contribution in [-0.4, -0.2) is 31.4 Å². The number of aromatic nitrogens is 4. The minimum atomic E-state index is -0.131. The fourth-order valence-corrected chi connectivity index (χ4v) is 5.04. The number of hydrogen-bond acceptors (Lipinski definition) is 7. The summed E-state index contributed by atoms with van der Waals surface area (Å²) in [4.78, 5) is 17.1. The van der Waals surface area contributed by atoms with Crippen molar-refractivity contribution in [1.29, 1.82) is 0 Å². The largest absolute Gasteiger partial charge is 0.485 e. The lowest BCUT2D eigenvalue weighted by Gasteiger charge is -2.12. The highest BCUT2D eigenvalue weighted by molar-refractivity contribution is 7.99. The molecule has 0 radical (unpaired) electrons. The van der Waals surface area contributed by atoms with E-state index in [0.717, 1.165) is 34.0 Å². The topological polar surface area (TPSA) is 81.9 Å². The summed E-state index contributed by atoms with van der Waals surface area (Å²) >= 11 is 2.77. The molecular formula is C25H27N5O2S2. The van der Waals surface area contributed by atoms with E-state index in [0.29, 0.717) is 23.4 Å². The molecule has 0 spiro atoms. The van der Waals surface area contributed by atoms with Gasteiger partial charge in [0.25, 0.3) is 0 Å². The van der Waals surface area contributed by atoms with Crippen LogP contribution in [0.25, 0.3) is 11.3 Å². The summed E-state index contributed by atoms with van der Waals surface area (Å²) in [6.45, 7) is 9.14. The van der Waals surface area contributed by atoms with Crippen LogP contribution in [-0.2, 0) is 17.9 Å². The summed E-state index contributed by atoms with van der Waals surface area (Å²) in [6.07, 6.45) is 0. The van der Waals surface area contributed by atoms with Gasteiger partial charge in [0.1, 0.15) is 12.4 Å². The van der Waals surface area contributed by atoms with Gasteiger partial charge in [-0.15, -0.1) is 21.5 Å². The molecule has 4 aromatic rings. The molecule has 0 fully saturated rings. The number of aryl methyl sites for hydroxylation is 3. The lowest BCUT2D eigenvalue weighted by atomic mass is 10.1. The number of para-hydroxylation sites is 1. The lowest BCUT2D eigenvalue weighted by Crippen LogP contribution is -2.14. The molecule has 2 aromatic carbocycles. The Labute approximate surface area is 207 Å². The Morgan fingerprint density at radius 1 is 1.09 bits per heavy atom. The molecule has 0 saturated carbocycles. The van der Waals surface area contributed by atoms with Crippen LogP contribution in [0, 0.1) is 20.8 Å². The van der Waals surface area contributed by atoms with Crippen LogP contribution in [0.2, 0.25) is 0 Å². The van der Waals surface area contributed by atoms with Crippen molar-refractivity contribution in [1.82, 2.24) is 19.7 Å². The van der Waals surface area contributed by atoms with Crippen LogP contribution >= 0.6 is 23.1 Å². The molecule has 0 aliphatic carbocycles. The quantitative estimate of drug-likeness (QED) is 0.303. The average Bonchev–Trinajstić information content (AvgIpc) is 3.44. The van der Waals surface area contributed by atoms with Gasteiger partial charge in [0.15, 0.2) is 16.1 Å². The van der Waals surface area contributed by atoms with Crippen LogP contribution in [0.4, 0.5) is 5.13 Å². The Kier molecular flexibility index (Phi) is 7.64. The number of carbonyl (C=O) groups is 1. The van der Waals surface area contributed by atoms with Crippen LogP contribution < -0.4 is 10.1 Å². The zero-order valence-corrected chi connectivity index (χ0v) is 21.3. The van der Waals surface area contributed by atoms with Crippen molar-refractivity contribution in [2.75, 3.05) is 11.1 Å². The zero-order valence-electron chi connectivity index (χ0n) is 19.7. The standard InChI is InChI=1S/C25H27N5O2S2/c1-5-30-21(13-32-23-17(3)7-6-8-18(23)4)28-29-25(30)34-15-22(31)27-24-26-20(14-33-24)19-11-9-16(2)10-12-19/h6-12,14H,5,13,15H2,1-4H3,(H,26,27,31). The molecule has 4 rings (SSSR count). The van der Waals surface area contributed by atoms with Crippen LogP contribution in [0.1, 0.15) is 29.4 Å². The third kappa shape index (κ3) is 5.66. The molecule has 0 aliphatic rings. The third-order valence-corrected chi connectivity index (χ3v) is 7.02. The number of nitrogens with zero attached hydrogens (tertiary/aromatic N) is 4. The number of thioether (sulfide) groups is 1. The Bertz CT molecular complexity index is 1260. The van der Waals surface area contributed by atoms with E-state index >= 15 is 0 Å². The smallest absolute Gasteiger partial charge is 0.236 e. The van der Waals surface area contributed by atoms with Gasteiger partial charge < -0.3 is 14.6 Å². The SMILES string of the molecule is CCn1c(COc2c(C)cccc2C)nnc1SCC(=O)Nc1nc(-c2ccc(C)cc2)cs1. The van der Waals surface area contributed by atoms with E-state index in [2.05, 4.69) is 39.6 Å². The number of anilines is 1. The van der Waals surface area contributed by atoms with Gasteiger partial charge in [-0.3, -0.25) is 4.79 Å². The molecule has 2 aromatic heterocycles. The monoisotopic (exact) mass is 493 g/mol. The zero-order chi connectivity index (χ0) is 24.1. The van der Waals surface area contributed by atoms with E-state index in [1.807, 2.05) is 61.1 Å². The van der Waals surface area contributed by atoms with Crippen LogP contribution in [0.15, 0.2) is 53.0 Å². The molecule has 0 saturated heterocycles. The summed E-state index contributed by atoms with van der Waals surface area (Å²) in [5, 5.41) is 14.7. The van der Waals surface area contributed by atoms with E-state index in [1.54, 1.807) is 0 Å². The Balaban J connectivity index is 1.34. The summed E-state index contributed by atoms with van der Waals surface area (Å²) < 4.78 is 8.02. The first kappa shape index (κ1) is 24.0. The predicted octanol–water partition coefficient (Wildman–Crippen LogP) is 5.66. The van der Waals surface area contributed by atoms with Crippen molar-refractivity contribution in [3.05, 3.63) is 70.4 Å². The Morgan fingerprint density at radius 3 is 2.53 bits per heavy atom. The molecule has 1 amide bonds. The van der Waals surface area contributed by atoms with Crippen LogP contribution in [0.3, 0.4) is 0 Å². The average molecular weight is 494 g/mol. The summed E-state index contributed by atoms with van der Waals surface area (Å²) in [7, 11) is 0. The molecule has 2 heterocycles. The summed E-state index contributed by atoms with van der Waals surface area (Å²) in [5.74, 6) is 1.69. The molecule has 1 N–H and O–H groups in total. The predicted molar refractivity (Wildman–Crippen MR) is 138 cm³/mol. The highest BCUT2D eigenvalue weighted by Gasteiger charge is 2.15. The fourth-order valence-electron chi connectivity index (χ4n) is 3.49. The Hall–Kier alpha value is -3.17. The van der Waals surface area contributed by atoms with Gasteiger partial charge in [0, 0.05) is 17.5 Å². The maximum atomic E-state index is 12.5. The van der Waals surface area contributed by atoms with E-state index in [1.165, 1.54) is 28.7 Å². The van der Waals surface area contributed by atoms with Gasteiger partial charge in [-0.1, -0.05) is 59.8 Å². The minimum absolute atomic E-state index is 0.131. The third-order valence-electron chi connectivity index (χ3n) is 5.29. The Morgan fingerprint density at radius 2 is 1.82 bits per heavy atom. The number of thiazole rings is 1. The molecule has 0 bridgehead atoms. The number of hydrogen-bond donors (Lipinski definition) is 1. The van der Waals surface area contributed by atoms with Gasteiger partial charge in [0.2, 0.25) is 5.91 Å². The summed E-state index contributed by atoms with van der Waals surface area (Å²) in [6, 6.07) is 14.2. The van der Waals surface area contributed by atoms with Crippen molar-refractivity contribution in [2.45, 2.75) is 46.0 Å². The second-order valence-electron chi connectivity index (χ2n) is 7.89. The van der Waals surface area contributed by atoms with Gasteiger partial charge in [0.05, 0.1) is 11.4 Å². The van der Waals surface area contributed by atoms with Crippen molar-refractivity contribution >= 4 is 34.1 Å². The van der Waals surface area contributed by atoms with E-state index in [9.17, 15) is 4.79 Å². The number of ether oxygens (including phenoxy) is 1. The molecule has 9 heteroatoms. The molecule has 0 atom stereocenters. The van der Waals surface area contributed by atoms with E-state index in [-0.39, 0.29) is 11.7 Å². The fraction of sp³-hybridized carbons (Fsp3) is 0.280. The second kappa shape index (κ2) is 10.8.